The third kappa shape index (κ3) is 3.87. The van der Waals surface area contributed by atoms with Gasteiger partial charge in [-0.3, -0.25) is 0 Å². The number of alkyl halides is 6. The van der Waals surface area contributed by atoms with E-state index in [1.165, 1.54) is 11.5 Å². The molecule has 132 valence electrons. The monoisotopic (exact) mass is 376 g/mol. The Balaban J connectivity index is 1.91. The van der Waals surface area contributed by atoms with Crippen LogP contribution in [0.15, 0.2) is 42.5 Å². The Bertz CT molecular complexity index is 865. The van der Waals surface area contributed by atoms with Crippen molar-refractivity contribution < 1.29 is 26.3 Å². The van der Waals surface area contributed by atoms with Crippen molar-refractivity contribution in [1.82, 2.24) is 4.37 Å². The van der Waals surface area contributed by atoms with Crippen LogP contribution in [0.2, 0.25) is 0 Å². The van der Waals surface area contributed by atoms with Crippen LogP contribution < -0.4 is 5.32 Å². The van der Waals surface area contributed by atoms with Gasteiger partial charge in [0.05, 0.1) is 15.8 Å². The number of rotatable bonds is 3. The standard InChI is InChI=1S/C16H10F6N2S/c17-15(18,19)10-5-9(6-11(7-10)16(20,21)22)8-23-14-12-3-1-2-4-13(12)25-24-14/h1-7H,8H2,(H,23,24). The molecule has 0 saturated heterocycles. The number of benzene rings is 2. The average molecular weight is 376 g/mol. The molecule has 0 saturated carbocycles. The molecule has 1 heterocycles. The molecule has 2 aromatic carbocycles. The molecule has 0 radical (unpaired) electrons. The Morgan fingerprint density at radius 3 is 2.08 bits per heavy atom. The van der Waals surface area contributed by atoms with Crippen molar-refractivity contribution in [2.45, 2.75) is 18.9 Å². The zero-order chi connectivity index (χ0) is 18.2. The van der Waals surface area contributed by atoms with Crippen LogP contribution in [0.3, 0.4) is 0 Å². The molecule has 0 bridgehead atoms. The van der Waals surface area contributed by atoms with Crippen LogP contribution in [-0.2, 0) is 18.9 Å². The maximum Gasteiger partial charge on any atom is 0.416 e. The Labute approximate surface area is 142 Å². The van der Waals surface area contributed by atoms with Crippen LogP contribution >= 0.6 is 11.5 Å². The quantitative estimate of drug-likeness (QED) is 0.572. The minimum Gasteiger partial charge on any atom is -0.365 e. The lowest BCUT2D eigenvalue weighted by molar-refractivity contribution is -0.143. The summed E-state index contributed by atoms with van der Waals surface area (Å²) in [5, 5.41) is 3.57. The van der Waals surface area contributed by atoms with Gasteiger partial charge >= 0.3 is 12.4 Å². The fourth-order valence-corrected chi connectivity index (χ4v) is 3.08. The molecule has 0 spiro atoms. The van der Waals surface area contributed by atoms with Gasteiger partial charge in [-0.1, -0.05) is 12.1 Å². The van der Waals surface area contributed by atoms with Gasteiger partial charge in [0.15, 0.2) is 0 Å². The minimum absolute atomic E-state index is 0.113. The molecule has 2 nitrogen and oxygen atoms in total. The predicted molar refractivity (Wildman–Crippen MR) is 83.4 cm³/mol. The summed E-state index contributed by atoms with van der Waals surface area (Å²) in [7, 11) is 0. The molecule has 0 aliphatic heterocycles. The SMILES string of the molecule is FC(F)(F)c1cc(CNc2nsc3ccccc23)cc(C(F)(F)F)c1. The van der Waals surface area contributed by atoms with Crippen LogP contribution in [0.5, 0.6) is 0 Å². The van der Waals surface area contributed by atoms with Gasteiger partial charge in [0, 0.05) is 11.9 Å². The molecule has 0 amide bonds. The zero-order valence-corrected chi connectivity index (χ0v) is 13.2. The molecule has 0 unspecified atom stereocenters. The van der Waals surface area contributed by atoms with E-state index in [1.54, 1.807) is 12.1 Å². The third-order valence-corrected chi connectivity index (χ3v) is 4.31. The topological polar surface area (TPSA) is 24.9 Å². The highest BCUT2D eigenvalue weighted by atomic mass is 32.1. The van der Waals surface area contributed by atoms with Crippen molar-refractivity contribution in [2.24, 2.45) is 0 Å². The van der Waals surface area contributed by atoms with Crippen molar-refractivity contribution >= 4 is 27.4 Å². The Hall–Kier alpha value is -2.29. The second-order valence-electron chi connectivity index (χ2n) is 5.30. The summed E-state index contributed by atoms with van der Waals surface area (Å²) in [6.45, 7) is -0.208. The molecule has 0 atom stereocenters. The first-order valence-electron chi connectivity index (χ1n) is 7.01. The Morgan fingerprint density at radius 2 is 1.48 bits per heavy atom. The van der Waals surface area contributed by atoms with Gasteiger partial charge in [-0.05, 0) is 47.4 Å². The molecule has 0 aliphatic rings. The Morgan fingerprint density at radius 1 is 0.880 bits per heavy atom. The molecule has 0 aliphatic carbocycles. The summed E-state index contributed by atoms with van der Waals surface area (Å²) in [6, 6.07) is 8.70. The maximum atomic E-state index is 12.9. The number of aromatic nitrogens is 1. The van der Waals surface area contributed by atoms with E-state index in [2.05, 4.69) is 9.69 Å². The van der Waals surface area contributed by atoms with Crippen LogP contribution in [0.4, 0.5) is 32.2 Å². The lowest BCUT2D eigenvalue weighted by Crippen LogP contribution is -2.13. The van der Waals surface area contributed by atoms with Gasteiger partial charge in [-0.25, -0.2) is 0 Å². The van der Waals surface area contributed by atoms with E-state index in [1.807, 2.05) is 12.1 Å². The van der Waals surface area contributed by atoms with Gasteiger partial charge in [0.2, 0.25) is 0 Å². The second-order valence-corrected chi connectivity index (χ2v) is 6.10. The summed E-state index contributed by atoms with van der Waals surface area (Å²) in [4.78, 5) is 0. The van der Waals surface area contributed by atoms with E-state index in [-0.39, 0.29) is 18.2 Å². The summed E-state index contributed by atoms with van der Waals surface area (Å²) >= 11 is 1.19. The average Bonchev–Trinajstić information content (AvgIpc) is 2.94. The molecule has 9 heteroatoms. The molecular formula is C16H10F6N2S. The lowest BCUT2D eigenvalue weighted by Gasteiger charge is -2.14. The largest absolute Gasteiger partial charge is 0.416 e. The van der Waals surface area contributed by atoms with Crippen LogP contribution in [-0.4, -0.2) is 4.37 Å². The number of halogens is 6. The number of hydrogen-bond acceptors (Lipinski definition) is 3. The second kappa shape index (κ2) is 6.21. The van der Waals surface area contributed by atoms with E-state index in [0.29, 0.717) is 18.0 Å². The number of fused-ring (bicyclic) bond motifs is 1. The van der Waals surface area contributed by atoms with Crippen molar-refractivity contribution in [3.8, 4) is 0 Å². The summed E-state index contributed by atoms with van der Waals surface area (Å²) in [6.07, 6.45) is -9.72. The van der Waals surface area contributed by atoms with Gasteiger partial charge in [-0.15, -0.1) is 0 Å². The normalized spacial score (nSPS) is 12.6. The van der Waals surface area contributed by atoms with Crippen molar-refractivity contribution in [3.63, 3.8) is 0 Å². The fraction of sp³-hybridized carbons (Fsp3) is 0.188. The van der Waals surface area contributed by atoms with E-state index < -0.39 is 23.5 Å². The summed E-state index contributed by atoms with van der Waals surface area (Å²) in [5.41, 5.74) is -2.79. The maximum absolute atomic E-state index is 12.9. The predicted octanol–water partition coefficient (Wildman–Crippen LogP) is 5.95. The highest BCUT2D eigenvalue weighted by Crippen LogP contribution is 2.36. The molecule has 3 aromatic rings. The van der Waals surface area contributed by atoms with E-state index >= 15 is 0 Å². The third-order valence-electron chi connectivity index (χ3n) is 3.48. The van der Waals surface area contributed by atoms with Crippen LogP contribution in [0.1, 0.15) is 16.7 Å². The first-order valence-corrected chi connectivity index (χ1v) is 7.78. The first kappa shape index (κ1) is 17.5. The summed E-state index contributed by atoms with van der Waals surface area (Å²) < 4.78 is 82.2. The minimum atomic E-state index is -4.86. The van der Waals surface area contributed by atoms with Crippen molar-refractivity contribution in [2.75, 3.05) is 5.32 Å². The van der Waals surface area contributed by atoms with Crippen molar-refractivity contribution in [1.29, 1.82) is 0 Å². The van der Waals surface area contributed by atoms with Crippen LogP contribution in [0.25, 0.3) is 10.1 Å². The van der Waals surface area contributed by atoms with Gasteiger partial charge < -0.3 is 5.32 Å². The summed E-state index contributed by atoms with van der Waals surface area (Å²) in [5.74, 6) is 0.423. The highest BCUT2D eigenvalue weighted by Gasteiger charge is 2.36. The first-order chi connectivity index (χ1) is 11.6. The molecule has 3 rings (SSSR count). The van der Waals surface area contributed by atoms with Gasteiger partial charge in [0.1, 0.15) is 5.82 Å². The number of nitrogens with zero attached hydrogens (tertiary/aromatic N) is 1. The highest BCUT2D eigenvalue weighted by molar-refractivity contribution is 7.13. The van der Waals surface area contributed by atoms with E-state index in [9.17, 15) is 26.3 Å². The molecule has 1 aromatic heterocycles. The zero-order valence-electron chi connectivity index (χ0n) is 12.4. The Kier molecular flexibility index (Phi) is 4.36. The number of hydrogen-bond donors (Lipinski definition) is 1. The van der Waals surface area contributed by atoms with E-state index in [4.69, 9.17) is 0 Å². The number of anilines is 1. The number of nitrogens with one attached hydrogen (secondary N) is 1. The van der Waals surface area contributed by atoms with Crippen molar-refractivity contribution in [3.05, 3.63) is 59.2 Å². The van der Waals surface area contributed by atoms with Gasteiger partial charge in [-0.2, -0.15) is 30.7 Å². The molecule has 25 heavy (non-hydrogen) atoms. The smallest absolute Gasteiger partial charge is 0.365 e. The van der Waals surface area contributed by atoms with Crippen LogP contribution in [0, 0.1) is 0 Å². The van der Waals surface area contributed by atoms with E-state index in [0.717, 1.165) is 10.1 Å². The van der Waals surface area contributed by atoms with Gasteiger partial charge in [0.25, 0.3) is 0 Å². The fourth-order valence-electron chi connectivity index (χ4n) is 2.32. The molecule has 0 fully saturated rings. The lowest BCUT2D eigenvalue weighted by atomic mass is 10.0. The molecular weight excluding hydrogens is 366 g/mol. The molecule has 1 N–H and O–H groups in total.